The van der Waals surface area contributed by atoms with Gasteiger partial charge in [0.1, 0.15) is 5.82 Å². The molecule has 2 aromatic rings. The van der Waals surface area contributed by atoms with Crippen molar-refractivity contribution in [1.82, 2.24) is 25.0 Å². The third-order valence-corrected chi connectivity index (χ3v) is 6.38. The molecule has 7 nitrogen and oxygen atoms in total. The van der Waals surface area contributed by atoms with Gasteiger partial charge in [-0.3, -0.25) is 4.79 Å². The second kappa shape index (κ2) is 7.20. The van der Waals surface area contributed by atoms with Crippen molar-refractivity contribution in [2.75, 3.05) is 38.1 Å². The van der Waals surface area contributed by atoms with Gasteiger partial charge in [0.2, 0.25) is 0 Å². The van der Waals surface area contributed by atoms with E-state index in [4.69, 9.17) is 0 Å². The number of aryl methyl sites for hydroxylation is 1. The highest BCUT2D eigenvalue weighted by molar-refractivity contribution is 5.95. The number of rotatable bonds is 2. The van der Waals surface area contributed by atoms with E-state index in [1.165, 1.54) is 11.3 Å². The zero-order valence-electron chi connectivity index (χ0n) is 16.5. The van der Waals surface area contributed by atoms with Gasteiger partial charge in [-0.2, -0.15) is 0 Å². The van der Waals surface area contributed by atoms with Crippen LogP contribution in [0.3, 0.4) is 0 Å². The molecule has 28 heavy (non-hydrogen) atoms. The highest BCUT2D eigenvalue weighted by Crippen LogP contribution is 2.34. The standard InChI is InChI=1S/C21H28N6O/c1-25-11-2-4-15-14-16(6-7-17(15)25)21(28)26-12-3-5-18(26)20-24-23-19-8-9-22-10-13-27(19)20/h6-7,14,18,22H,2-5,8-13H2,1H3/t18-/m1/s1. The molecule has 0 saturated carbocycles. The fourth-order valence-electron chi connectivity index (χ4n) is 4.90. The summed E-state index contributed by atoms with van der Waals surface area (Å²) in [5.74, 6) is 2.13. The highest BCUT2D eigenvalue weighted by Gasteiger charge is 2.35. The second-order valence-corrected chi connectivity index (χ2v) is 8.15. The quantitative estimate of drug-likeness (QED) is 0.860. The SMILES string of the molecule is CN1CCCc2cc(C(=O)N3CCC[C@@H]3c3nnc4n3CCNCC4)ccc21. The summed E-state index contributed by atoms with van der Waals surface area (Å²) >= 11 is 0. The second-order valence-electron chi connectivity index (χ2n) is 8.15. The first kappa shape index (κ1) is 17.7. The number of likely N-dealkylation sites (tertiary alicyclic amines) is 1. The highest BCUT2D eigenvalue weighted by atomic mass is 16.2. The number of amides is 1. The molecule has 4 heterocycles. The first-order valence-corrected chi connectivity index (χ1v) is 10.5. The minimum Gasteiger partial charge on any atom is -0.374 e. The normalized spacial score (nSPS) is 22.0. The Morgan fingerprint density at radius 1 is 1.11 bits per heavy atom. The average Bonchev–Trinajstić information content (AvgIpc) is 3.28. The van der Waals surface area contributed by atoms with Gasteiger partial charge in [-0.05, 0) is 49.4 Å². The Morgan fingerprint density at radius 3 is 2.96 bits per heavy atom. The zero-order valence-corrected chi connectivity index (χ0v) is 16.5. The van der Waals surface area contributed by atoms with Gasteiger partial charge < -0.3 is 19.7 Å². The Morgan fingerprint density at radius 2 is 2.04 bits per heavy atom. The lowest BCUT2D eigenvalue weighted by Crippen LogP contribution is -2.33. The summed E-state index contributed by atoms with van der Waals surface area (Å²) in [6, 6.07) is 6.25. The molecule has 0 aliphatic carbocycles. The molecule has 0 spiro atoms. The van der Waals surface area contributed by atoms with Crippen LogP contribution in [0.2, 0.25) is 0 Å². The molecule has 1 fully saturated rings. The van der Waals surface area contributed by atoms with Crippen LogP contribution in [0.15, 0.2) is 18.2 Å². The smallest absolute Gasteiger partial charge is 0.254 e. The van der Waals surface area contributed by atoms with E-state index in [0.717, 1.165) is 82.0 Å². The predicted octanol–water partition coefficient (Wildman–Crippen LogP) is 1.78. The largest absolute Gasteiger partial charge is 0.374 e. The molecule has 7 heteroatoms. The fourth-order valence-corrected chi connectivity index (χ4v) is 4.90. The molecule has 148 valence electrons. The number of nitrogens with zero attached hydrogens (tertiary/aromatic N) is 5. The van der Waals surface area contributed by atoms with Crippen LogP contribution in [0.25, 0.3) is 0 Å². The monoisotopic (exact) mass is 380 g/mol. The van der Waals surface area contributed by atoms with Crippen LogP contribution in [-0.4, -0.2) is 58.8 Å². The van der Waals surface area contributed by atoms with Gasteiger partial charge in [-0.15, -0.1) is 10.2 Å². The summed E-state index contributed by atoms with van der Waals surface area (Å²) < 4.78 is 2.23. The van der Waals surface area contributed by atoms with Crippen molar-refractivity contribution in [3.8, 4) is 0 Å². The van der Waals surface area contributed by atoms with Gasteiger partial charge in [0.25, 0.3) is 5.91 Å². The molecular formula is C21H28N6O. The summed E-state index contributed by atoms with van der Waals surface area (Å²) in [4.78, 5) is 17.7. The number of hydrogen-bond acceptors (Lipinski definition) is 5. The molecular weight excluding hydrogens is 352 g/mol. The molecule has 0 radical (unpaired) electrons. The van der Waals surface area contributed by atoms with Crippen LogP contribution in [-0.2, 0) is 19.4 Å². The van der Waals surface area contributed by atoms with Crippen molar-refractivity contribution in [2.24, 2.45) is 0 Å². The Bertz CT molecular complexity index is 891. The van der Waals surface area contributed by atoms with E-state index >= 15 is 0 Å². The summed E-state index contributed by atoms with van der Waals surface area (Å²) in [5.41, 5.74) is 3.35. The van der Waals surface area contributed by atoms with Gasteiger partial charge in [0.15, 0.2) is 5.82 Å². The van der Waals surface area contributed by atoms with Crippen LogP contribution >= 0.6 is 0 Å². The van der Waals surface area contributed by atoms with Gasteiger partial charge in [-0.25, -0.2) is 0 Å². The molecule has 1 saturated heterocycles. The molecule has 0 bridgehead atoms. The maximum Gasteiger partial charge on any atom is 0.254 e. The topological polar surface area (TPSA) is 66.3 Å². The minimum atomic E-state index is 0.0329. The number of carbonyl (C=O) groups excluding carboxylic acids is 1. The van der Waals surface area contributed by atoms with Crippen LogP contribution < -0.4 is 10.2 Å². The van der Waals surface area contributed by atoms with Crippen molar-refractivity contribution < 1.29 is 4.79 Å². The molecule has 1 atom stereocenters. The summed E-state index contributed by atoms with van der Waals surface area (Å²) in [6.45, 7) is 4.62. The lowest BCUT2D eigenvalue weighted by Gasteiger charge is -2.29. The van der Waals surface area contributed by atoms with E-state index in [0.29, 0.717) is 0 Å². The van der Waals surface area contributed by atoms with Crippen LogP contribution in [0.4, 0.5) is 5.69 Å². The molecule has 0 unspecified atom stereocenters. The molecule has 3 aliphatic rings. The molecule has 3 aliphatic heterocycles. The Balaban J connectivity index is 1.43. The summed E-state index contributed by atoms with van der Waals surface area (Å²) in [5, 5.41) is 12.4. The van der Waals surface area contributed by atoms with Crippen molar-refractivity contribution in [3.63, 3.8) is 0 Å². The third kappa shape index (κ3) is 2.98. The van der Waals surface area contributed by atoms with Crippen LogP contribution in [0.1, 0.15) is 52.9 Å². The lowest BCUT2D eigenvalue weighted by molar-refractivity contribution is 0.0727. The average molecular weight is 380 g/mol. The van der Waals surface area contributed by atoms with E-state index in [-0.39, 0.29) is 11.9 Å². The number of hydrogen-bond donors (Lipinski definition) is 1. The van der Waals surface area contributed by atoms with E-state index in [9.17, 15) is 4.79 Å². The first-order valence-electron chi connectivity index (χ1n) is 10.5. The van der Waals surface area contributed by atoms with Crippen LogP contribution in [0, 0.1) is 0 Å². The van der Waals surface area contributed by atoms with Gasteiger partial charge >= 0.3 is 0 Å². The zero-order chi connectivity index (χ0) is 19.1. The van der Waals surface area contributed by atoms with Crippen molar-refractivity contribution in [2.45, 2.75) is 44.7 Å². The number of aromatic nitrogens is 3. The molecule has 1 aromatic carbocycles. The van der Waals surface area contributed by atoms with Gasteiger partial charge in [0, 0.05) is 57.4 Å². The summed E-state index contributed by atoms with van der Waals surface area (Å²) in [6.07, 6.45) is 5.07. The van der Waals surface area contributed by atoms with Crippen molar-refractivity contribution >= 4 is 11.6 Å². The lowest BCUT2D eigenvalue weighted by atomic mass is 9.99. The summed E-state index contributed by atoms with van der Waals surface area (Å²) in [7, 11) is 2.13. The van der Waals surface area contributed by atoms with Gasteiger partial charge in [0.05, 0.1) is 6.04 Å². The minimum absolute atomic E-state index is 0.0329. The molecule has 1 aromatic heterocycles. The number of benzene rings is 1. The Labute approximate surface area is 165 Å². The van der Waals surface area contributed by atoms with Crippen molar-refractivity contribution in [1.29, 1.82) is 0 Å². The third-order valence-electron chi connectivity index (χ3n) is 6.38. The van der Waals surface area contributed by atoms with E-state index in [1.807, 2.05) is 11.0 Å². The number of fused-ring (bicyclic) bond motifs is 2. The van der Waals surface area contributed by atoms with Gasteiger partial charge in [-0.1, -0.05) is 0 Å². The molecule has 1 N–H and O–H groups in total. The van der Waals surface area contributed by atoms with E-state index in [1.54, 1.807) is 0 Å². The fraction of sp³-hybridized carbons (Fsp3) is 0.571. The molecule has 1 amide bonds. The van der Waals surface area contributed by atoms with Crippen molar-refractivity contribution in [3.05, 3.63) is 41.0 Å². The first-order chi connectivity index (χ1) is 13.7. The van der Waals surface area contributed by atoms with Crippen LogP contribution in [0.5, 0.6) is 0 Å². The van der Waals surface area contributed by atoms with E-state index in [2.05, 4.69) is 44.2 Å². The van der Waals surface area contributed by atoms with E-state index < -0.39 is 0 Å². The molecule has 5 rings (SSSR count). The maximum atomic E-state index is 13.4. The maximum absolute atomic E-state index is 13.4. The number of nitrogens with one attached hydrogen (secondary N) is 1. The predicted molar refractivity (Wildman–Crippen MR) is 108 cm³/mol. The Kier molecular flexibility index (Phi) is 4.55. The number of anilines is 1. The number of carbonyl (C=O) groups is 1. The Hall–Kier alpha value is -2.41.